The molecule has 1 atom stereocenters. The van der Waals surface area contributed by atoms with Gasteiger partial charge in [0.25, 0.3) is 0 Å². The lowest BCUT2D eigenvalue weighted by atomic mass is 9.58. The minimum atomic E-state index is -4.18. The number of nitrogens with zero attached hydrogens (tertiary/aromatic N) is 3. The van der Waals surface area contributed by atoms with Crippen LogP contribution in [0.2, 0.25) is 0 Å². The van der Waals surface area contributed by atoms with Gasteiger partial charge in [0.05, 0.1) is 12.5 Å². The van der Waals surface area contributed by atoms with Crippen molar-refractivity contribution in [2.75, 3.05) is 13.1 Å². The van der Waals surface area contributed by atoms with Crippen LogP contribution in [0.4, 0.5) is 18.0 Å². The van der Waals surface area contributed by atoms with Crippen molar-refractivity contribution in [1.82, 2.24) is 19.8 Å². The molecule has 146 valence electrons. The van der Waals surface area contributed by atoms with Gasteiger partial charge in [-0.15, -0.1) is 0 Å². The Kier molecular flexibility index (Phi) is 5.21. The van der Waals surface area contributed by atoms with Crippen LogP contribution in [0.25, 0.3) is 0 Å². The standard InChI is InChI=1S/C18H27F3N4O/c1-13(2)11-24-9-7-22-15(24)10-23-16(26)25-8-4-14(18(19,20)21)17(12-25)5-3-6-17/h7,9,13-14H,3-6,8,10-12H2,1-2H3,(H,23,26). The molecule has 0 bridgehead atoms. The number of carbonyl (C=O) groups excluding carboxylic acids is 1. The minimum Gasteiger partial charge on any atom is -0.333 e. The topological polar surface area (TPSA) is 50.2 Å². The number of urea groups is 1. The number of amides is 2. The van der Waals surface area contributed by atoms with Crippen molar-refractivity contribution in [3.8, 4) is 0 Å². The van der Waals surface area contributed by atoms with Gasteiger partial charge < -0.3 is 14.8 Å². The van der Waals surface area contributed by atoms with Crippen molar-refractivity contribution in [3.63, 3.8) is 0 Å². The van der Waals surface area contributed by atoms with Crippen molar-refractivity contribution in [2.45, 2.75) is 58.8 Å². The van der Waals surface area contributed by atoms with Gasteiger partial charge >= 0.3 is 12.2 Å². The summed E-state index contributed by atoms with van der Waals surface area (Å²) in [5.41, 5.74) is -0.774. The third kappa shape index (κ3) is 3.83. The molecule has 1 aliphatic heterocycles. The van der Waals surface area contributed by atoms with Gasteiger partial charge in [-0.2, -0.15) is 13.2 Å². The van der Waals surface area contributed by atoms with E-state index in [4.69, 9.17) is 0 Å². The molecule has 1 spiro atoms. The second-order valence-electron chi connectivity index (χ2n) is 8.07. The van der Waals surface area contributed by atoms with Crippen molar-refractivity contribution < 1.29 is 18.0 Å². The third-order valence-electron chi connectivity index (χ3n) is 5.73. The average molecular weight is 372 g/mol. The molecule has 1 aliphatic carbocycles. The number of piperidine rings is 1. The summed E-state index contributed by atoms with van der Waals surface area (Å²) in [5.74, 6) is -0.0631. The van der Waals surface area contributed by atoms with Crippen LogP contribution < -0.4 is 5.32 Å². The van der Waals surface area contributed by atoms with Gasteiger partial charge in [0.1, 0.15) is 5.82 Å². The van der Waals surface area contributed by atoms with Crippen LogP contribution in [0.5, 0.6) is 0 Å². The Morgan fingerprint density at radius 3 is 2.73 bits per heavy atom. The quantitative estimate of drug-likeness (QED) is 0.874. The van der Waals surface area contributed by atoms with Gasteiger partial charge in [-0.05, 0) is 30.6 Å². The van der Waals surface area contributed by atoms with Crippen LogP contribution >= 0.6 is 0 Å². The van der Waals surface area contributed by atoms with Crippen LogP contribution in [0.15, 0.2) is 12.4 Å². The predicted molar refractivity (Wildman–Crippen MR) is 91.3 cm³/mol. The Labute approximate surface area is 152 Å². The number of rotatable bonds is 4. The lowest BCUT2D eigenvalue weighted by Gasteiger charge is -2.54. The largest absolute Gasteiger partial charge is 0.392 e. The number of halogens is 3. The molecule has 1 saturated carbocycles. The van der Waals surface area contributed by atoms with Crippen molar-refractivity contribution >= 4 is 6.03 Å². The maximum absolute atomic E-state index is 13.3. The molecule has 1 saturated heterocycles. The Bertz CT molecular complexity index is 637. The Balaban J connectivity index is 1.59. The van der Waals surface area contributed by atoms with Crippen LogP contribution in [-0.2, 0) is 13.1 Å². The van der Waals surface area contributed by atoms with Crippen LogP contribution in [0, 0.1) is 17.3 Å². The van der Waals surface area contributed by atoms with E-state index < -0.39 is 17.5 Å². The molecular weight excluding hydrogens is 345 g/mol. The highest BCUT2D eigenvalue weighted by atomic mass is 19.4. The molecule has 2 amide bonds. The van der Waals surface area contributed by atoms with Gasteiger partial charge in [-0.1, -0.05) is 20.3 Å². The monoisotopic (exact) mass is 372 g/mol. The number of nitrogens with one attached hydrogen (secondary N) is 1. The molecule has 1 N–H and O–H groups in total. The zero-order valence-electron chi connectivity index (χ0n) is 15.4. The van der Waals surface area contributed by atoms with Gasteiger partial charge in [-0.25, -0.2) is 9.78 Å². The first kappa shape index (κ1) is 19.0. The molecule has 1 aromatic heterocycles. The maximum atomic E-state index is 13.3. The van der Waals surface area contributed by atoms with Gasteiger partial charge in [-0.3, -0.25) is 0 Å². The highest BCUT2D eigenvalue weighted by Gasteiger charge is 2.58. The second kappa shape index (κ2) is 7.12. The van der Waals surface area contributed by atoms with E-state index in [2.05, 4.69) is 24.1 Å². The zero-order valence-corrected chi connectivity index (χ0v) is 15.4. The van der Waals surface area contributed by atoms with E-state index in [1.54, 1.807) is 11.1 Å². The first-order valence-corrected chi connectivity index (χ1v) is 9.31. The van der Waals surface area contributed by atoms with Gasteiger partial charge in [0.15, 0.2) is 0 Å². The third-order valence-corrected chi connectivity index (χ3v) is 5.73. The number of hydrogen-bond acceptors (Lipinski definition) is 2. The van der Waals surface area contributed by atoms with E-state index in [1.165, 1.54) is 0 Å². The number of hydrogen-bond donors (Lipinski definition) is 1. The number of imidazole rings is 1. The summed E-state index contributed by atoms with van der Waals surface area (Å²) >= 11 is 0. The van der Waals surface area contributed by atoms with E-state index in [0.717, 1.165) is 18.8 Å². The summed E-state index contributed by atoms with van der Waals surface area (Å²) in [4.78, 5) is 18.3. The summed E-state index contributed by atoms with van der Waals surface area (Å²) in [7, 11) is 0. The minimum absolute atomic E-state index is 0.00109. The first-order chi connectivity index (χ1) is 12.2. The smallest absolute Gasteiger partial charge is 0.333 e. The molecular formula is C18H27F3N4O. The summed E-state index contributed by atoms with van der Waals surface area (Å²) in [5, 5.41) is 2.83. The maximum Gasteiger partial charge on any atom is 0.392 e. The molecule has 2 fully saturated rings. The summed E-state index contributed by atoms with van der Waals surface area (Å²) in [6.45, 7) is 5.65. The Morgan fingerprint density at radius 1 is 1.42 bits per heavy atom. The normalized spacial score (nSPS) is 22.5. The molecule has 1 unspecified atom stereocenters. The molecule has 0 radical (unpaired) electrons. The van der Waals surface area contributed by atoms with Crippen molar-refractivity contribution in [1.29, 1.82) is 0 Å². The lowest BCUT2D eigenvalue weighted by molar-refractivity contribution is -0.235. The van der Waals surface area contributed by atoms with E-state index in [0.29, 0.717) is 18.8 Å². The first-order valence-electron chi connectivity index (χ1n) is 9.31. The molecule has 8 heteroatoms. The van der Waals surface area contributed by atoms with Crippen LogP contribution in [0.1, 0.15) is 45.4 Å². The highest BCUT2D eigenvalue weighted by Crippen LogP contribution is 2.56. The summed E-state index contributed by atoms with van der Waals surface area (Å²) < 4.78 is 42.0. The SMILES string of the molecule is CC(C)Cn1ccnc1CNC(=O)N1CCC(C(F)(F)F)C2(CCC2)C1. The predicted octanol–water partition coefficient (Wildman–Crippen LogP) is 3.80. The summed E-state index contributed by atoms with van der Waals surface area (Å²) in [6, 6.07) is -0.295. The summed E-state index contributed by atoms with van der Waals surface area (Å²) in [6.07, 6.45) is 1.32. The molecule has 3 rings (SSSR count). The number of likely N-dealkylation sites (tertiary alicyclic amines) is 1. The fourth-order valence-corrected chi connectivity index (χ4v) is 4.32. The molecule has 1 aromatic rings. The zero-order chi connectivity index (χ0) is 18.9. The number of alkyl halides is 3. The molecule has 2 aliphatic rings. The highest BCUT2D eigenvalue weighted by molar-refractivity contribution is 5.74. The fourth-order valence-electron chi connectivity index (χ4n) is 4.32. The number of carbonyl (C=O) groups is 1. The average Bonchev–Trinajstić information content (AvgIpc) is 2.96. The van der Waals surface area contributed by atoms with Gasteiger partial charge in [0, 0.05) is 32.0 Å². The molecule has 2 heterocycles. The van der Waals surface area contributed by atoms with E-state index in [9.17, 15) is 18.0 Å². The second-order valence-corrected chi connectivity index (χ2v) is 8.07. The van der Waals surface area contributed by atoms with E-state index in [-0.39, 0.29) is 32.1 Å². The molecule has 0 aromatic carbocycles. The molecule has 5 nitrogen and oxygen atoms in total. The van der Waals surface area contributed by atoms with Gasteiger partial charge in [0.2, 0.25) is 0 Å². The fraction of sp³-hybridized carbons (Fsp3) is 0.778. The van der Waals surface area contributed by atoms with E-state index >= 15 is 0 Å². The lowest BCUT2D eigenvalue weighted by Crippen LogP contribution is -2.59. The van der Waals surface area contributed by atoms with Crippen molar-refractivity contribution in [2.24, 2.45) is 17.3 Å². The number of aromatic nitrogens is 2. The van der Waals surface area contributed by atoms with Crippen LogP contribution in [-0.4, -0.2) is 39.7 Å². The Morgan fingerprint density at radius 2 is 2.15 bits per heavy atom. The van der Waals surface area contributed by atoms with Crippen molar-refractivity contribution in [3.05, 3.63) is 18.2 Å². The van der Waals surface area contributed by atoms with E-state index in [1.807, 2.05) is 10.8 Å². The van der Waals surface area contributed by atoms with Crippen LogP contribution in [0.3, 0.4) is 0 Å². The Hall–Kier alpha value is -1.73. The molecule has 26 heavy (non-hydrogen) atoms.